The molecule has 27 heavy (non-hydrogen) atoms. The maximum absolute atomic E-state index is 4.76. The minimum Gasteiger partial charge on any atom is -0.371 e. The molecule has 2 N–H and O–H groups in total. The van der Waals surface area contributed by atoms with Crippen LogP contribution in [0.3, 0.4) is 0 Å². The van der Waals surface area contributed by atoms with Crippen LogP contribution in [0.15, 0.2) is 47.5 Å². The minimum atomic E-state index is 0. The van der Waals surface area contributed by atoms with E-state index in [1.54, 1.807) is 0 Å². The number of para-hydroxylation sites is 1. The van der Waals surface area contributed by atoms with Crippen molar-refractivity contribution in [3.8, 4) is 0 Å². The van der Waals surface area contributed by atoms with Crippen molar-refractivity contribution in [3.05, 3.63) is 52.2 Å². The number of nitrogens with zero attached hydrogens (tertiary/aromatic N) is 2. The molecule has 1 aromatic heterocycles. The van der Waals surface area contributed by atoms with Gasteiger partial charge in [0.1, 0.15) is 0 Å². The molecule has 0 amide bonds. The van der Waals surface area contributed by atoms with Gasteiger partial charge in [-0.2, -0.15) is 0 Å². The molecule has 0 aliphatic carbocycles. The van der Waals surface area contributed by atoms with Crippen LogP contribution in [-0.2, 0) is 13.0 Å². The molecule has 0 radical (unpaired) electrons. The monoisotopic (exact) mass is 498 g/mol. The van der Waals surface area contributed by atoms with Gasteiger partial charge in [0.25, 0.3) is 0 Å². The highest BCUT2D eigenvalue weighted by Gasteiger charge is 2.22. The van der Waals surface area contributed by atoms with Crippen molar-refractivity contribution in [2.45, 2.75) is 33.2 Å². The predicted molar refractivity (Wildman–Crippen MR) is 129 cm³/mol. The van der Waals surface area contributed by atoms with E-state index in [4.69, 9.17) is 4.99 Å². The summed E-state index contributed by atoms with van der Waals surface area (Å²) in [6.07, 6.45) is 2.33. The van der Waals surface area contributed by atoms with E-state index in [-0.39, 0.29) is 24.0 Å². The van der Waals surface area contributed by atoms with Crippen LogP contribution in [0.4, 0.5) is 5.69 Å². The van der Waals surface area contributed by atoms with Crippen molar-refractivity contribution in [2.24, 2.45) is 10.9 Å². The maximum atomic E-state index is 4.76. The average molecular weight is 498 g/mol. The summed E-state index contributed by atoms with van der Waals surface area (Å²) < 4.78 is 0. The van der Waals surface area contributed by atoms with Gasteiger partial charge in [-0.05, 0) is 49.9 Å². The number of anilines is 1. The molecule has 1 atom stereocenters. The van der Waals surface area contributed by atoms with Crippen molar-refractivity contribution in [1.82, 2.24) is 10.6 Å². The molecule has 1 aliphatic rings. The lowest BCUT2D eigenvalue weighted by molar-refractivity contribution is 0.566. The summed E-state index contributed by atoms with van der Waals surface area (Å²) in [6, 6.07) is 15.1. The van der Waals surface area contributed by atoms with E-state index in [1.165, 1.54) is 21.9 Å². The average Bonchev–Trinajstić information content (AvgIpc) is 3.34. The Bertz CT molecular complexity index is 701. The third kappa shape index (κ3) is 6.68. The van der Waals surface area contributed by atoms with E-state index in [0.29, 0.717) is 5.92 Å². The first-order valence-electron chi connectivity index (χ1n) is 9.68. The third-order valence-corrected chi connectivity index (χ3v) is 5.98. The first-order chi connectivity index (χ1) is 12.8. The van der Waals surface area contributed by atoms with Crippen LogP contribution in [0.2, 0.25) is 0 Å². The number of hydrogen-bond donors (Lipinski definition) is 2. The number of hydrogen-bond acceptors (Lipinski definition) is 3. The normalized spacial score (nSPS) is 16.9. The van der Waals surface area contributed by atoms with Gasteiger partial charge in [-0.15, -0.1) is 35.3 Å². The van der Waals surface area contributed by atoms with Crippen molar-refractivity contribution in [2.75, 3.05) is 31.1 Å². The van der Waals surface area contributed by atoms with E-state index < -0.39 is 0 Å². The first kappa shape index (κ1) is 22.0. The molecule has 148 valence electrons. The maximum Gasteiger partial charge on any atom is 0.191 e. The van der Waals surface area contributed by atoms with Gasteiger partial charge in [0, 0.05) is 41.6 Å². The molecule has 1 saturated heterocycles. The number of thiophene rings is 1. The lowest BCUT2D eigenvalue weighted by Crippen LogP contribution is -2.40. The summed E-state index contributed by atoms with van der Waals surface area (Å²) in [7, 11) is 0. The van der Waals surface area contributed by atoms with Crippen molar-refractivity contribution < 1.29 is 0 Å². The topological polar surface area (TPSA) is 39.7 Å². The standard InChI is InChI=1S/C21H30N4S.HI/c1-3-19-10-11-20(26-19)15-24-21(22-4-2)23-14-17-12-13-25(16-17)18-8-6-5-7-9-18;/h5-11,17H,3-4,12-16H2,1-2H3,(H2,22,23,24);1H. The number of aliphatic imine (C=N–C) groups is 1. The van der Waals surface area contributed by atoms with E-state index in [0.717, 1.165) is 45.1 Å². The Morgan fingerprint density at radius 1 is 1.11 bits per heavy atom. The van der Waals surface area contributed by atoms with E-state index in [9.17, 15) is 0 Å². The van der Waals surface area contributed by atoms with Crippen LogP contribution in [0.1, 0.15) is 30.0 Å². The second-order valence-electron chi connectivity index (χ2n) is 6.73. The van der Waals surface area contributed by atoms with Crippen LogP contribution in [0, 0.1) is 5.92 Å². The Morgan fingerprint density at radius 3 is 2.59 bits per heavy atom. The molecular weight excluding hydrogens is 467 g/mol. The molecule has 6 heteroatoms. The van der Waals surface area contributed by atoms with Gasteiger partial charge in [0.2, 0.25) is 0 Å². The summed E-state index contributed by atoms with van der Waals surface area (Å²) in [5.74, 6) is 1.59. The fourth-order valence-corrected chi connectivity index (χ4v) is 4.19. The lowest BCUT2D eigenvalue weighted by Gasteiger charge is -2.19. The van der Waals surface area contributed by atoms with Crippen LogP contribution < -0.4 is 15.5 Å². The molecule has 4 nitrogen and oxygen atoms in total. The molecule has 0 spiro atoms. The Kier molecular flexibility index (Phi) is 9.41. The lowest BCUT2D eigenvalue weighted by atomic mass is 10.1. The molecule has 1 fully saturated rings. The highest BCUT2D eigenvalue weighted by atomic mass is 127. The smallest absolute Gasteiger partial charge is 0.191 e. The third-order valence-electron chi connectivity index (χ3n) is 4.77. The molecule has 1 aliphatic heterocycles. The van der Waals surface area contributed by atoms with Gasteiger partial charge in [0.15, 0.2) is 5.96 Å². The van der Waals surface area contributed by atoms with Crippen LogP contribution in [0.25, 0.3) is 0 Å². The molecule has 0 bridgehead atoms. The zero-order valence-corrected chi connectivity index (χ0v) is 19.4. The number of benzene rings is 1. The number of guanidine groups is 1. The second kappa shape index (κ2) is 11.5. The summed E-state index contributed by atoms with van der Waals surface area (Å²) in [4.78, 5) is 10.0. The van der Waals surface area contributed by atoms with E-state index in [1.807, 2.05) is 11.3 Å². The number of aryl methyl sites for hydroxylation is 1. The quantitative estimate of drug-likeness (QED) is 0.335. The van der Waals surface area contributed by atoms with Gasteiger partial charge in [0.05, 0.1) is 6.54 Å². The second-order valence-corrected chi connectivity index (χ2v) is 7.99. The number of halogens is 1. The Labute approximate surface area is 184 Å². The van der Waals surface area contributed by atoms with Crippen LogP contribution in [-0.4, -0.2) is 32.1 Å². The van der Waals surface area contributed by atoms with Crippen molar-refractivity contribution >= 4 is 47.0 Å². The Morgan fingerprint density at radius 2 is 1.89 bits per heavy atom. The van der Waals surface area contributed by atoms with E-state index >= 15 is 0 Å². The van der Waals surface area contributed by atoms with Gasteiger partial charge < -0.3 is 15.5 Å². The fourth-order valence-electron chi connectivity index (χ4n) is 3.31. The van der Waals surface area contributed by atoms with Crippen molar-refractivity contribution in [1.29, 1.82) is 0 Å². The van der Waals surface area contributed by atoms with Gasteiger partial charge in [-0.25, -0.2) is 4.99 Å². The Balaban J connectivity index is 0.00000261. The summed E-state index contributed by atoms with van der Waals surface area (Å²) >= 11 is 1.86. The molecule has 2 aromatic rings. The zero-order chi connectivity index (χ0) is 18.2. The summed E-state index contributed by atoms with van der Waals surface area (Å²) in [5.41, 5.74) is 1.33. The van der Waals surface area contributed by atoms with Crippen molar-refractivity contribution in [3.63, 3.8) is 0 Å². The molecule has 3 rings (SSSR count). The molecule has 0 saturated carbocycles. The molecule has 2 heterocycles. The van der Waals surface area contributed by atoms with Gasteiger partial charge >= 0.3 is 0 Å². The van der Waals surface area contributed by atoms with Crippen LogP contribution >= 0.6 is 35.3 Å². The highest BCUT2D eigenvalue weighted by Crippen LogP contribution is 2.23. The predicted octanol–water partition coefficient (Wildman–Crippen LogP) is 4.51. The fraction of sp³-hybridized carbons (Fsp3) is 0.476. The largest absolute Gasteiger partial charge is 0.371 e. The van der Waals surface area contributed by atoms with Gasteiger partial charge in [-0.3, -0.25) is 0 Å². The number of nitrogens with one attached hydrogen (secondary N) is 2. The summed E-state index contributed by atoms with van der Waals surface area (Å²) in [6.45, 7) is 9.17. The van der Waals surface area contributed by atoms with Gasteiger partial charge in [-0.1, -0.05) is 25.1 Å². The first-order valence-corrected chi connectivity index (χ1v) is 10.5. The minimum absolute atomic E-state index is 0. The summed E-state index contributed by atoms with van der Waals surface area (Å²) in [5, 5.41) is 6.91. The number of rotatable bonds is 7. The Hall–Kier alpha value is -1.28. The molecular formula is C21H31IN4S. The zero-order valence-electron chi connectivity index (χ0n) is 16.3. The molecule has 1 aromatic carbocycles. The SMILES string of the molecule is CCNC(=NCc1ccc(CC)s1)NCC1CCN(c2ccccc2)C1.I. The highest BCUT2D eigenvalue weighted by molar-refractivity contribution is 14.0. The van der Waals surface area contributed by atoms with E-state index in [2.05, 4.69) is 71.8 Å². The molecule has 1 unspecified atom stereocenters. The van der Waals surface area contributed by atoms with Crippen LogP contribution in [0.5, 0.6) is 0 Å².